The molecule has 0 bridgehead atoms. The summed E-state index contributed by atoms with van der Waals surface area (Å²) in [7, 11) is 0. The minimum absolute atomic E-state index is 0.100. The van der Waals surface area contributed by atoms with Crippen LogP contribution >= 0.6 is 23.0 Å². The Bertz CT molecular complexity index is 93.6. The summed E-state index contributed by atoms with van der Waals surface area (Å²) in [6.45, 7) is 2.15. The van der Waals surface area contributed by atoms with Crippen LogP contribution in [0.5, 0.6) is 0 Å². The number of hydrogen-bond donors (Lipinski definition) is 0. The predicted molar refractivity (Wildman–Crippen MR) is 48.9 cm³/mol. The molecule has 2 nitrogen and oxygen atoms in total. The van der Waals surface area contributed by atoms with E-state index in [0.717, 1.165) is 12.8 Å². The molecule has 0 unspecified atom stereocenters. The first-order valence-electron chi connectivity index (χ1n) is 3.62. The standard InChI is InChI=1S/C7H13IO2/c1-2-3-4-5-6-7(9)10-8/h2-6H2,1H3. The molecule has 0 radical (unpaired) electrons. The van der Waals surface area contributed by atoms with Crippen molar-refractivity contribution in [1.82, 2.24) is 0 Å². The number of hydrogen-bond acceptors (Lipinski definition) is 2. The Kier molecular flexibility index (Phi) is 7.45. The van der Waals surface area contributed by atoms with E-state index in [1.54, 1.807) is 23.0 Å². The molecule has 0 aliphatic carbocycles. The molecule has 0 amide bonds. The molecule has 3 heteroatoms. The van der Waals surface area contributed by atoms with Gasteiger partial charge in [0.2, 0.25) is 0 Å². The Morgan fingerprint density at radius 2 is 2.10 bits per heavy atom. The van der Waals surface area contributed by atoms with Gasteiger partial charge in [0.05, 0.1) is 0 Å². The molecule has 0 N–H and O–H groups in total. The van der Waals surface area contributed by atoms with E-state index in [1.807, 2.05) is 0 Å². The summed E-state index contributed by atoms with van der Waals surface area (Å²) in [6, 6.07) is 0. The number of carbonyl (C=O) groups is 1. The Labute approximate surface area is 76.0 Å². The first kappa shape index (κ1) is 10.2. The molecule has 0 heterocycles. The van der Waals surface area contributed by atoms with Crippen LogP contribution in [-0.4, -0.2) is 5.97 Å². The lowest BCUT2D eigenvalue weighted by atomic mass is 10.2. The smallest absolute Gasteiger partial charge is 0.315 e. The number of halogens is 1. The molecule has 0 aromatic rings. The highest BCUT2D eigenvalue weighted by atomic mass is 127. The molecule has 0 fully saturated rings. The zero-order valence-electron chi connectivity index (χ0n) is 6.23. The molecule has 0 saturated heterocycles. The summed E-state index contributed by atoms with van der Waals surface area (Å²) in [5.41, 5.74) is 0. The third-order valence-electron chi connectivity index (χ3n) is 1.32. The maximum atomic E-state index is 10.5. The molecule has 0 spiro atoms. The van der Waals surface area contributed by atoms with Gasteiger partial charge in [0.25, 0.3) is 0 Å². The molecule has 0 rings (SSSR count). The van der Waals surface area contributed by atoms with Crippen molar-refractivity contribution in [3.05, 3.63) is 0 Å². The highest BCUT2D eigenvalue weighted by molar-refractivity contribution is 14.1. The minimum atomic E-state index is -0.100. The van der Waals surface area contributed by atoms with Gasteiger partial charge in [-0.05, 0) is 6.42 Å². The fraction of sp³-hybridized carbons (Fsp3) is 0.857. The van der Waals surface area contributed by atoms with Gasteiger partial charge in [-0.15, -0.1) is 0 Å². The molecule has 0 aliphatic heterocycles. The summed E-state index contributed by atoms with van der Waals surface area (Å²) < 4.78 is 4.46. The van der Waals surface area contributed by atoms with E-state index in [-0.39, 0.29) is 5.97 Å². The quantitative estimate of drug-likeness (QED) is 0.558. The fourth-order valence-electron chi connectivity index (χ4n) is 0.735. The van der Waals surface area contributed by atoms with Crippen molar-refractivity contribution in [1.29, 1.82) is 0 Å². The first-order chi connectivity index (χ1) is 4.81. The van der Waals surface area contributed by atoms with E-state index in [1.165, 1.54) is 12.8 Å². The van der Waals surface area contributed by atoms with Gasteiger partial charge < -0.3 is 3.07 Å². The van der Waals surface area contributed by atoms with Crippen molar-refractivity contribution in [2.24, 2.45) is 0 Å². The average Bonchev–Trinajstić information content (AvgIpc) is 1.98. The van der Waals surface area contributed by atoms with Gasteiger partial charge in [0.1, 0.15) is 0 Å². The van der Waals surface area contributed by atoms with Crippen LogP contribution in [0.25, 0.3) is 0 Å². The van der Waals surface area contributed by atoms with Crippen LogP contribution in [0.15, 0.2) is 0 Å². The zero-order valence-corrected chi connectivity index (χ0v) is 8.39. The Morgan fingerprint density at radius 1 is 1.40 bits per heavy atom. The van der Waals surface area contributed by atoms with Crippen LogP contribution in [0.3, 0.4) is 0 Å². The van der Waals surface area contributed by atoms with Crippen LogP contribution in [-0.2, 0) is 7.86 Å². The van der Waals surface area contributed by atoms with Crippen LogP contribution in [0.1, 0.15) is 39.0 Å². The van der Waals surface area contributed by atoms with Gasteiger partial charge in [-0.25, -0.2) is 0 Å². The second-order valence-corrected chi connectivity index (χ2v) is 2.70. The predicted octanol–water partition coefficient (Wildman–Crippen LogP) is 2.85. The molecule has 0 aromatic carbocycles. The zero-order chi connectivity index (χ0) is 7.82. The van der Waals surface area contributed by atoms with Crippen molar-refractivity contribution in [3.63, 3.8) is 0 Å². The van der Waals surface area contributed by atoms with E-state index < -0.39 is 0 Å². The highest BCUT2D eigenvalue weighted by Crippen LogP contribution is 2.04. The normalized spacial score (nSPS) is 9.40. The first-order valence-corrected chi connectivity index (χ1v) is 4.50. The van der Waals surface area contributed by atoms with Gasteiger partial charge >= 0.3 is 5.97 Å². The third-order valence-corrected chi connectivity index (χ3v) is 1.81. The van der Waals surface area contributed by atoms with Crippen LogP contribution < -0.4 is 0 Å². The van der Waals surface area contributed by atoms with Crippen LogP contribution in [0.4, 0.5) is 0 Å². The second kappa shape index (κ2) is 7.31. The Morgan fingerprint density at radius 3 is 2.60 bits per heavy atom. The minimum Gasteiger partial charge on any atom is -0.394 e. The lowest BCUT2D eigenvalue weighted by Crippen LogP contribution is -1.94. The molecular weight excluding hydrogens is 243 g/mol. The lowest BCUT2D eigenvalue weighted by molar-refractivity contribution is -0.131. The van der Waals surface area contributed by atoms with E-state index in [4.69, 9.17) is 0 Å². The van der Waals surface area contributed by atoms with Gasteiger partial charge in [0.15, 0.2) is 23.0 Å². The number of unbranched alkanes of at least 4 members (excludes halogenated alkanes) is 3. The van der Waals surface area contributed by atoms with Gasteiger partial charge in [0, 0.05) is 6.42 Å². The SMILES string of the molecule is CCCCCCC(=O)OI. The van der Waals surface area contributed by atoms with Crippen molar-refractivity contribution >= 4 is 29.0 Å². The highest BCUT2D eigenvalue weighted by Gasteiger charge is 1.98. The van der Waals surface area contributed by atoms with Gasteiger partial charge in [-0.3, -0.25) is 4.79 Å². The van der Waals surface area contributed by atoms with Crippen molar-refractivity contribution in [2.75, 3.05) is 0 Å². The van der Waals surface area contributed by atoms with Gasteiger partial charge in [-0.2, -0.15) is 0 Å². The number of carbonyl (C=O) groups excluding carboxylic acids is 1. The fourth-order valence-corrected chi connectivity index (χ4v) is 0.955. The molecular formula is C7H13IO2. The maximum absolute atomic E-state index is 10.5. The van der Waals surface area contributed by atoms with Crippen LogP contribution in [0.2, 0.25) is 0 Å². The van der Waals surface area contributed by atoms with E-state index >= 15 is 0 Å². The van der Waals surface area contributed by atoms with Gasteiger partial charge in [-0.1, -0.05) is 26.2 Å². The summed E-state index contributed by atoms with van der Waals surface area (Å²) in [4.78, 5) is 10.5. The average molecular weight is 256 g/mol. The largest absolute Gasteiger partial charge is 0.394 e. The second-order valence-electron chi connectivity index (χ2n) is 2.26. The maximum Gasteiger partial charge on any atom is 0.315 e. The summed E-state index contributed by atoms with van der Waals surface area (Å²) in [5.74, 6) is -0.100. The Balaban J connectivity index is 2.96. The monoisotopic (exact) mass is 256 g/mol. The van der Waals surface area contributed by atoms with Crippen molar-refractivity contribution in [3.8, 4) is 0 Å². The third kappa shape index (κ3) is 6.32. The summed E-state index contributed by atoms with van der Waals surface area (Å²) in [6.07, 6.45) is 5.11. The van der Waals surface area contributed by atoms with Crippen molar-refractivity contribution < 1.29 is 7.86 Å². The molecule has 0 saturated carbocycles. The summed E-state index contributed by atoms with van der Waals surface area (Å²) in [5, 5.41) is 0. The molecule has 10 heavy (non-hydrogen) atoms. The van der Waals surface area contributed by atoms with Crippen LogP contribution in [0, 0.1) is 0 Å². The van der Waals surface area contributed by atoms with E-state index in [2.05, 4.69) is 9.99 Å². The molecule has 0 aliphatic rings. The topological polar surface area (TPSA) is 26.3 Å². The number of rotatable bonds is 5. The van der Waals surface area contributed by atoms with E-state index in [0.29, 0.717) is 6.42 Å². The molecule has 0 atom stereocenters. The molecule has 60 valence electrons. The summed E-state index contributed by atoms with van der Waals surface area (Å²) >= 11 is 1.62. The lowest BCUT2D eigenvalue weighted by Gasteiger charge is -1.95. The molecule has 0 aromatic heterocycles. The Hall–Kier alpha value is 0.200. The van der Waals surface area contributed by atoms with Crippen molar-refractivity contribution in [2.45, 2.75) is 39.0 Å². The van der Waals surface area contributed by atoms with E-state index in [9.17, 15) is 4.79 Å².